The molecule has 7 N–H and O–H groups in total. The number of amides is 3. The fourth-order valence-corrected chi connectivity index (χ4v) is 3.34. The first kappa shape index (κ1) is 28.0. The van der Waals surface area contributed by atoms with Gasteiger partial charge in [0.2, 0.25) is 5.91 Å². The highest BCUT2D eigenvalue weighted by Crippen LogP contribution is 2.10. The Morgan fingerprint density at radius 1 is 0.921 bits per heavy atom. The first-order valence-electron chi connectivity index (χ1n) is 11.7. The summed E-state index contributed by atoms with van der Waals surface area (Å²) in [4.78, 5) is 36.2. The molecule has 3 aromatic carbocycles. The van der Waals surface area contributed by atoms with Crippen LogP contribution in [-0.2, 0) is 16.1 Å². The van der Waals surface area contributed by atoms with Crippen molar-refractivity contribution in [1.82, 2.24) is 16.1 Å². The molecule has 0 aliphatic rings. The Balaban J connectivity index is 1.50. The van der Waals surface area contributed by atoms with Crippen molar-refractivity contribution in [3.05, 3.63) is 101 Å². The zero-order valence-corrected chi connectivity index (χ0v) is 20.6. The number of benzene rings is 3. The first-order chi connectivity index (χ1) is 18.2. The standard InChI is InChI=1S/C28H28FN5O4/c1-18(30)26(28(37)34-38)33-27(36)22-10-4-19(5-11-22)2-3-20-8-14-24(15-9-20)32-25(35)17-31-16-21-6-12-23(29)13-7-21/h4-15,18,26,31,38H,16-17,30H2,1H3,(H,32,35)(H,33,36)(H,34,37)/t18-,26+/m1/s1. The summed E-state index contributed by atoms with van der Waals surface area (Å²) in [5.74, 6) is 4.18. The molecule has 10 heteroatoms. The highest BCUT2D eigenvalue weighted by atomic mass is 19.1. The summed E-state index contributed by atoms with van der Waals surface area (Å²) in [7, 11) is 0. The maximum atomic E-state index is 12.9. The monoisotopic (exact) mass is 517 g/mol. The van der Waals surface area contributed by atoms with Gasteiger partial charge >= 0.3 is 0 Å². The van der Waals surface area contributed by atoms with Gasteiger partial charge in [-0.1, -0.05) is 24.0 Å². The molecule has 0 saturated heterocycles. The predicted octanol–water partition coefficient (Wildman–Crippen LogP) is 1.90. The van der Waals surface area contributed by atoms with E-state index in [1.807, 2.05) is 0 Å². The van der Waals surface area contributed by atoms with E-state index in [0.29, 0.717) is 23.4 Å². The predicted molar refractivity (Wildman–Crippen MR) is 140 cm³/mol. The lowest BCUT2D eigenvalue weighted by Crippen LogP contribution is -2.54. The number of rotatable bonds is 9. The van der Waals surface area contributed by atoms with Gasteiger partial charge in [-0.3, -0.25) is 19.6 Å². The smallest absolute Gasteiger partial charge is 0.267 e. The highest BCUT2D eigenvalue weighted by Gasteiger charge is 2.24. The minimum atomic E-state index is -1.09. The maximum Gasteiger partial charge on any atom is 0.267 e. The normalized spacial score (nSPS) is 11.9. The largest absolute Gasteiger partial charge is 0.339 e. The molecule has 2 atom stereocenters. The Hall–Kier alpha value is -4.56. The number of nitrogens with one attached hydrogen (secondary N) is 4. The highest BCUT2D eigenvalue weighted by molar-refractivity contribution is 5.97. The molecular weight excluding hydrogens is 489 g/mol. The number of hydrogen-bond acceptors (Lipinski definition) is 6. The Bertz CT molecular complexity index is 1310. The fourth-order valence-electron chi connectivity index (χ4n) is 3.34. The van der Waals surface area contributed by atoms with E-state index >= 15 is 0 Å². The van der Waals surface area contributed by atoms with Gasteiger partial charge in [0, 0.05) is 35.0 Å². The Kier molecular flexibility index (Phi) is 10.1. The molecule has 9 nitrogen and oxygen atoms in total. The molecular formula is C28H28FN5O4. The molecule has 38 heavy (non-hydrogen) atoms. The van der Waals surface area contributed by atoms with Crippen molar-refractivity contribution in [1.29, 1.82) is 0 Å². The first-order valence-corrected chi connectivity index (χ1v) is 11.7. The quantitative estimate of drug-likeness (QED) is 0.145. The van der Waals surface area contributed by atoms with Crippen LogP contribution >= 0.6 is 0 Å². The van der Waals surface area contributed by atoms with E-state index in [4.69, 9.17) is 10.9 Å². The van der Waals surface area contributed by atoms with Gasteiger partial charge in [0.1, 0.15) is 11.9 Å². The SMILES string of the molecule is C[C@@H](N)[C@H](NC(=O)c1ccc(C#Cc2ccc(NC(=O)CNCc3ccc(F)cc3)cc2)cc1)C(=O)NO. The summed E-state index contributed by atoms with van der Waals surface area (Å²) in [5.41, 5.74) is 10.4. The zero-order valence-electron chi connectivity index (χ0n) is 20.6. The number of nitrogens with two attached hydrogens (primary N) is 1. The maximum absolute atomic E-state index is 12.9. The Morgan fingerprint density at radius 2 is 1.50 bits per heavy atom. The average Bonchev–Trinajstić information content (AvgIpc) is 2.92. The molecule has 0 aliphatic carbocycles. The summed E-state index contributed by atoms with van der Waals surface area (Å²) >= 11 is 0. The van der Waals surface area contributed by atoms with Crippen molar-refractivity contribution in [2.45, 2.75) is 25.6 Å². The van der Waals surface area contributed by atoms with Crippen molar-refractivity contribution >= 4 is 23.4 Å². The van der Waals surface area contributed by atoms with Crippen LogP contribution in [0.3, 0.4) is 0 Å². The molecule has 0 aliphatic heterocycles. The lowest BCUT2D eigenvalue weighted by Gasteiger charge is -2.20. The Morgan fingerprint density at radius 3 is 2.05 bits per heavy atom. The van der Waals surface area contributed by atoms with E-state index in [-0.39, 0.29) is 18.3 Å². The van der Waals surface area contributed by atoms with Crippen LogP contribution in [0.4, 0.5) is 10.1 Å². The number of carbonyl (C=O) groups excluding carboxylic acids is 3. The average molecular weight is 518 g/mol. The minimum Gasteiger partial charge on any atom is -0.339 e. The third-order valence-electron chi connectivity index (χ3n) is 5.40. The number of carbonyl (C=O) groups is 3. The van der Waals surface area contributed by atoms with Crippen LogP contribution in [0, 0.1) is 17.7 Å². The van der Waals surface area contributed by atoms with Crippen LogP contribution in [-0.4, -0.2) is 41.6 Å². The van der Waals surface area contributed by atoms with Gasteiger partial charge in [-0.15, -0.1) is 0 Å². The molecule has 0 saturated carbocycles. The van der Waals surface area contributed by atoms with E-state index in [0.717, 1.165) is 11.1 Å². The second kappa shape index (κ2) is 13.7. The summed E-state index contributed by atoms with van der Waals surface area (Å²) < 4.78 is 12.9. The van der Waals surface area contributed by atoms with Crippen molar-refractivity contribution in [3.8, 4) is 11.8 Å². The third kappa shape index (κ3) is 8.53. The number of anilines is 1. The van der Waals surface area contributed by atoms with Crippen molar-refractivity contribution in [3.63, 3.8) is 0 Å². The second-order valence-corrected chi connectivity index (χ2v) is 8.47. The molecule has 0 radical (unpaired) electrons. The summed E-state index contributed by atoms with van der Waals surface area (Å²) in [5, 5.41) is 17.1. The molecule has 3 rings (SSSR count). The van der Waals surface area contributed by atoms with Gasteiger partial charge in [-0.2, -0.15) is 0 Å². The van der Waals surface area contributed by atoms with E-state index in [2.05, 4.69) is 27.8 Å². The number of halogens is 1. The van der Waals surface area contributed by atoms with Crippen LogP contribution in [0.5, 0.6) is 0 Å². The summed E-state index contributed by atoms with van der Waals surface area (Å²) in [6, 6.07) is 17.8. The van der Waals surface area contributed by atoms with Gasteiger partial charge in [0.15, 0.2) is 0 Å². The molecule has 3 amide bonds. The molecule has 0 heterocycles. The molecule has 0 spiro atoms. The molecule has 0 unspecified atom stereocenters. The van der Waals surface area contributed by atoms with Gasteiger partial charge in [0.25, 0.3) is 11.8 Å². The van der Waals surface area contributed by atoms with Gasteiger partial charge in [-0.05, 0) is 73.2 Å². The lowest BCUT2D eigenvalue weighted by atomic mass is 10.1. The van der Waals surface area contributed by atoms with Crippen LogP contribution in [0.15, 0.2) is 72.8 Å². The lowest BCUT2D eigenvalue weighted by molar-refractivity contribution is -0.131. The van der Waals surface area contributed by atoms with Crippen LogP contribution < -0.4 is 27.2 Å². The van der Waals surface area contributed by atoms with Gasteiger partial charge in [-0.25, -0.2) is 9.87 Å². The van der Waals surface area contributed by atoms with Gasteiger partial charge < -0.3 is 21.7 Å². The van der Waals surface area contributed by atoms with E-state index < -0.39 is 23.9 Å². The molecule has 0 bridgehead atoms. The van der Waals surface area contributed by atoms with E-state index in [1.54, 1.807) is 60.7 Å². The molecule has 196 valence electrons. The molecule has 3 aromatic rings. The van der Waals surface area contributed by atoms with Crippen molar-refractivity contribution in [2.75, 3.05) is 11.9 Å². The van der Waals surface area contributed by atoms with Crippen LogP contribution in [0.25, 0.3) is 0 Å². The number of hydrogen-bond donors (Lipinski definition) is 6. The van der Waals surface area contributed by atoms with Gasteiger partial charge in [0.05, 0.1) is 6.54 Å². The van der Waals surface area contributed by atoms with Crippen molar-refractivity contribution in [2.24, 2.45) is 5.73 Å². The summed E-state index contributed by atoms with van der Waals surface area (Å²) in [6.45, 7) is 2.09. The van der Waals surface area contributed by atoms with E-state index in [1.165, 1.54) is 24.5 Å². The van der Waals surface area contributed by atoms with Crippen LogP contribution in [0.2, 0.25) is 0 Å². The van der Waals surface area contributed by atoms with E-state index in [9.17, 15) is 18.8 Å². The number of hydroxylamine groups is 1. The molecule has 0 fully saturated rings. The van der Waals surface area contributed by atoms with Crippen LogP contribution in [0.1, 0.15) is 34.0 Å². The third-order valence-corrected chi connectivity index (χ3v) is 5.40. The summed E-state index contributed by atoms with van der Waals surface area (Å²) in [6.07, 6.45) is 0. The molecule has 0 aromatic heterocycles. The minimum absolute atomic E-state index is 0.105. The zero-order chi connectivity index (χ0) is 27.5. The van der Waals surface area contributed by atoms with Crippen molar-refractivity contribution < 1.29 is 24.0 Å². The fraction of sp³-hybridized carbons (Fsp3) is 0.179. The topological polar surface area (TPSA) is 146 Å². The second-order valence-electron chi connectivity index (χ2n) is 8.47. The Labute approximate surface area is 219 Å².